The molecule has 154 valence electrons. The molecule has 0 heterocycles. The number of carbonyl (C=O) groups excluding carboxylic acids is 1. The molecule has 3 rings (SSSR count). The molecule has 0 saturated heterocycles. The highest BCUT2D eigenvalue weighted by molar-refractivity contribution is 7.89. The predicted molar refractivity (Wildman–Crippen MR) is 109 cm³/mol. The van der Waals surface area contributed by atoms with Gasteiger partial charge in [-0.25, -0.2) is 8.42 Å². The first-order valence-corrected chi connectivity index (χ1v) is 10.9. The van der Waals surface area contributed by atoms with Gasteiger partial charge in [0.05, 0.1) is 9.82 Å². The van der Waals surface area contributed by atoms with E-state index in [1.807, 2.05) is 0 Å². The SMILES string of the molecule is CN(C1CCCCC1)S(=O)(=O)c1ccc(NC(=O)c2ccc([N+](=O)[O-])cc2)cc1. The quantitative estimate of drug-likeness (QED) is 0.568. The van der Waals surface area contributed by atoms with Gasteiger partial charge in [0.15, 0.2) is 0 Å². The summed E-state index contributed by atoms with van der Waals surface area (Å²) in [5, 5.41) is 13.3. The summed E-state index contributed by atoms with van der Waals surface area (Å²) in [6.07, 6.45) is 4.97. The molecule has 1 aliphatic rings. The monoisotopic (exact) mass is 417 g/mol. The third kappa shape index (κ3) is 4.80. The van der Waals surface area contributed by atoms with Crippen LogP contribution in [0.15, 0.2) is 53.4 Å². The van der Waals surface area contributed by atoms with Gasteiger partial charge in [0.25, 0.3) is 11.6 Å². The van der Waals surface area contributed by atoms with Crippen LogP contribution in [0.3, 0.4) is 0 Å². The topological polar surface area (TPSA) is 110 Å². The van der Waals surface area contributed by atoms with Crippen LogP contribution in [0.1, 0.15) is 42.5 Å². The highest BCUT2D eigenvalue weighted by atomic mass is 32.2. The summed E-state index contributed by atoms with van der Waals surface area (Å²) in [6, 6.07) is 11.3. The molecule has 0 atom stereocenters. The van der Waals surface area contributed by atoms with Crippen LogP contribution in [0.25, 0.3) is 0 Å². The lowest BCUT2D eigenvalue weighted by atomic mass is 9.96. The molecule has 2 aromatic carbocycles. The summed E-state index contributed by atoms with van der Waals surface area (Å²) in [7, 11) is -1.97. The molecule has 2 aromatic rings. The molecule has 1 aliphatic carbocycles. The van der Waals surface area contributed by atoms with Crippen molar-refractivity contribution in [3.05, 3.63) is 64.2 Å². The van der Waals surface area contributed by atoms with E-state index in [1.165, 1.54) is 52.8 Å². The Morgan fingerprint density at radius 2 is 1.62 bits per heavy atom. The number of anilines is 1. The molecule has 0 aliphatic heterocycles. The number of nitrogens with one attached hydrogen (secondary N) is 1. The van der Waals surface area contributed by atoms with E-state index in [0.717, 1.165) is 32.1 Å². The molecule has 1 amide bonds. The fourth-order valence-electron chi connectivity index (χ4n) is 3.46. The molecule has 1 fully saturated rings. The molecule has 0 unspecified atom stereocenters. The van der Waals surface area contributed by atoms with E-state index in [0.29, 0.717) is 5.69 Å². The Labute approximate surface area is 169 Å². The van der Waals surface area contributed by atoms with Crippen LogP contribution in [0.4, 0.5) is 11.4 Å². The van der Waals surface area contributed by atoms with Gasteiger partial charge in [0.2, 0.25) is 10.0 Å². The molecule has 1 N–H and O–H groups in total. The van der Waals surface area contributed by atoms with Gasteiger partial charge in [-0.05, 0) is 49.2 Å². The first-order valence-electron chi connectivity index (χ1n) is 9.43. The largest absolute Gasteiger partial charge is 0.322 e. The zero-order chi connectivity index (χ0) is 21.0. The van der Waals surface area contributed by atoms with Crippen LogP contribution in [0.5, 0.6) is 0 Å². The van der Waals surface area contributed by atoms with Gasteiger partial charge in [-0.2, -0.15) is 4.31 Å². The molecule has 0 bridgehead atoms. The molecule has 9 heteroatoms. The van der Waals surface area contributed by atoms with Gasteiger partial charge >= 0.3 is 0 Å². The number of sulfonamides is 1. The first-order chi connectivity index (χ1) is 13.8. The number of nitrogens with zero attached hydrogens (tertiary/aromatic N) is 2. The highest BCUT2D eigenvalue weighted by Gasteiger charge is 2.28. The van der Waals surface area contributed by atoms with Crippen LogP contribution in [-0.4, -0.2) is 36.6 Å². The van der Waals surface area contributed by atoms with Crippen LogP contribution in [0, 0.1) is 10.1 Å². The van der Waals surface area contributed by atoms with Crippen LogP contribution in [-0.2, 0) is 10.0 Å². The van der Waals surface area contributed by atoms with Crippen molar-refractivity contribution >= 4 is 27.3 Å². The summed E-state index contributed by atoms with van der Waals surface area (Å²) >= 11 is 0. The maximum Gasteiger partial charge on any atom is 0.269 e. The number of nitro benzene ring substituents is 1. The Bertz CT molecular complexity index is 982. The lowest BCUT2D eigenvalue weighted by Gasteiger charge is -2.30. The second-order valence-electron chi connectivity index (χ2n) is 7.10. The second-order valence-corrected chi connectivity index (χ2v) is 9.09. The van der Waals surface area contributed by atoms with Crippen molar-refractivity contribution in [3.63, 3.8) is 0 Å². The van der Waals surface area contributed by atoms with Crippen molar-refractivity contribution in [2.45, 2.75) is 43.0 Å². The lowest BCUT2D eigenvalue weighted by molar-refractivity contribution is -0.384. The molecule has 0 spiro atoms. The van der Waals surface area contributed by atoms with Gasteiger partial charge in [-0.1, -0.05) is 19.3 Å². The maximum atomic E-state index is 12.9. The normalized spacial score (nSPS) is 15.2. The summed E-state index contributed by atoms with van der Waals surface area (Å²) in [5.41, 5.74) is 0.607. The molecule has 8 nitrogen and oxygen atoms in total. The Morgan fingerprint density at radius 3 is 2.17 bits per heavy atom. The number of nitro groups is 1. The predicted octanol–water partition coefficient (Wildman–Crippen LogP) is 3.80. The fourth-order valence-corrected chi connectivity index (χ4v) is 4.87. The van der Waals surface area contributed by atoms with Crippen molar-refractivity contribution in [3.8, 4) is 0 Å². The standard InChI is InChI=1S/C20H23N3O5S/c1-22(17-5-3-2-4-6-17)29(27,28)19-13-9-16(10-14-19)21-20(24)15-7-11-18(12-8-15)23(25)26/h7-14,17H,2-6H2,1H3,(H,21,24). The van der Waals surface area contributed by atoms with Crippen molar-refractivity contribution in [1.82, 2.24) is 4.31 Å². The number of amides is 1. The number of rotatable bonds is 6. The summed E-state index contributed by atoms with van der Waals surface area (Å²) in [5.74, 6) is -0.435. The highest BCUT2D eigenvalue weighted by Crippen LogP contribution is 2.27. The van der Waals surface area contributed by atoms with E-state index in [1.54, 1.807) is 7.05 Å². The van der Waals surface area contributed by atoms with Gasteiger partial charge in [-0.15, -0.1) is 0 Å². The average Bonchev–Trinajstić information content (AvgIpc) is 2.74. The molecular formula is C20H23N3O5S. The Balaban J connectivity index is 1.69. The van der Waals surface area contributed by atoms with E-state index >= 15 is 0 Å². The molecule has 29 heavy (non-hydrogen) atoms. The first kappa shape index (κ1) is 20.9. The van der Waals surface area contributed by atoms with Crippen molar-refractivity contribution < 1.29 is 18.1 Å². The average molecular weight is 417 g/mol. The van der Waals surface area contributed by atoms with Crippen LogP contribution in [0.2, 0.25) is 0 Å². The number of benzene rings is 2. The zero-order valence-electron chi connectivity index (χ0n) is 16.1. The van der Waals surface area contributed by atoms with Crippen LogP contribution < -0.4 is 5.32 Å². The van der Waals surface area contributed by atoms with E-state index in [9.17, 15) is 23.3 Å². The van der Waals surface area contributed by atoms with Crippen molar-refractivity contribution in [1.29, 1.82) is 0 Å². The molecular weight excluding hydrogens is 394 g/mol. The number of hydrogen-bond acceptors (Lipinski definition) is 5. The van der Waals surface area contributed by atoms with E-state index < -0.39 is 20.9 Å². The number of carbonyl (C=O) groups is 1. The third-order valence-electron chi connectivity index (χ3n) is 5.22. The van der Waals surface area contributed by atoms with Gasteiger partial charge in [0.1, 0.15) is 0 Å². The Morgan fingerprint density at radius 1 is 1.03 bits per heavy atom. The Hall–Kier alpha value is -2.78. The maximum absolute atomic E-state index is 12.9. The van der Waals surface area contributed by atoms with Gasteiger partial charge in [-0.3, -0.25) is 14.9 Å². The summed E-state index contributed by atoms with van der Waals surface area (Å²) in [6.45, 7) is 0. The number of non-ortho nitro benzene ring substituents is 1. The minimum absolute atomic E-state index is 0.0234. The van der Waals surface area contributed by atoms with E-state index in [2.05, 4.69) is 5.32 Å². The minimum atomic E-state index is -3.59. The van der Waals surface area contributed by atoms with E-state index in [4.69, 9.17) is 0 Å². The van der Waals surface area contributed by atoms with Crippen LogP contribution >= 0.6 is 0 Å². The van der Waals surface area contributed by atoms with Gasteiger partial charge < -0.3 is 5.32 Å². The zero-order valence-corrected chi connectivity index (χ0v) is 16.9. The smallest absolute Gasteiger partial charge is 0.269 e. The van der Waals surface area contributed by atoms with Gasteiger partial charge in [0, 0.05) is 36.5 Å². The number of hydrogen-bond donors (Lipinski definition) is 1. The fraction of sp³-hybridized carbons (Fsp3) is 0.350. The lowest BCUT2D eigenvalue weighted by Crippen LogP contribution is -2.38. The summed E-state index contributed by atoms with van der Waals surface area (Å²) in [4.78, 5) is 22.6. The molecule has 0 radical (unpaired) electrons. The third-order valence-corrected chi connectivity index (χ3v) is 7.14. The molecule has 0 aromatic heterocycles. The minimum Gasteiger partial charge on any atom is -0.322 e. The summed E-state index contributed by atoms with van der Waals surface area (Å²) < 4.78 is 27.2. The van der Waals surface area contributed by atoms with Crippen molar-refractivity contribution in [2.75, 3.05) is 12.4 Å². The Kier molecular flexibility index (Phi) is 6.29. The van der Waals surface area contributed by atoms with E-state index in [-0.39, 0.29) is 22.2 Å². The molecule has 1 saturated carbocycles. The second kappa shape index (κ2) is 8.71. The van der Waals surface area contributed by atoms with Crippen molar-refractivity contribution in [2.24, 2.45) is 0 Å².